The average Bonchev–Trinajstić information content (AvgIpc) is 2.76. The van der Waals surface area contributed by atoms with Gasteiger partial charge in [-0.1, -0.05) is 25.1 Å². The number of aromatic nitrogens is 3. The van der Waals surface area contributed by atoms with Crippen LogP contribution in [0.4, 0.5) is 0 Å². The molecule has 102 valence electrons. The van der Waals surface area contributed by atoms with Crippen LogP contribution in [-0.4, -0.2) is 20.3 Å². The van der Waals surface area contributed by atoms with Gasteiger partial charge in [0.1, 0.15) is 11.3 Å². The van der Waals surface area contributed by atoms with Crippen LogP contribution in [0.3, 0.4) is 0 Å². The molecular formula is C15H15N3S2. The quantitative estimate of drug-likeness (QED) is 0.585. The Morgan fingerprint density at radius 1 is 1.30 bits per heavy atom. The molecule has 2 aromatic heterocycles. The fourth-order valence-electron chi connectivity index (χ4n) is 2.24. The molecule has 2 heterocycles. The summed E-state index contributed by atoms with van der Waals surface area (Å²) in [4.78, 5) is 11.2. The number of fused-ring (bicyclic) bond motifs is 1. The molecule has 0 aliphatic rings. The van der Waals surface area contributed by atoms with Gasteiger partial charge >= 0.3 is 0 Å². The van der Waals surface area contributed by atoms with E-state index in [0.29, 0.717) is 0 Å². The number of hydrogen-bond acceptors (Lipinski definition) is 4. The minimum Gasteiger partial charge on any atom is -0.312 e. The van der Waals surface area contributed by atoms with E-state index in [0.717, 1.165) is 33.2 Å². The Morgan fingerprint density at radius 2 is 2.10 bits per heavy atom. The largest absolute Gasteiger partial charge is 0.312 e. The summed E-state index contributed by atoms with van der Waals surface area (Å²) >= 11 is 6.16. The Morgan fingerprint density at radius 3 is 2.90 bits per heavy atom. The van der Waals surface area contributed by atoms with Crippen molar-refractivity contribution >= 4 is 35.6 Å². The molecule has 0 aliphatic carbocycles. The van der Waals surface area contributed by atoms with E-state index in [2.05, 4.69) is 42.7 Å². The van der Waals surface area contributed by atoms with Crippen LogP contribution in [0, 0.1) is 0 Å². The predicted octanol–water partition coefficient (Wildman–Crippen LogP) is 4.04. The van der Waals surface area contributed by atoms with Crippen molar-refractivity contribution in [2.75, 3.05) is 5.75 Å². The molecule has 0 saturated carbocycles. The summed E-state index contributed by atoms with van der Waals surface area (Å²) in [6.45, 7) is 2.16. The highest BCUT2D eigenvalue weighted by Crippen LogP contribution is 2.32. The zero-order valence-electron chi connectivity index (χ0n) is 11.4. The Balaban J connectivity index is 2.22. The van der Waals surface area contributed by atoms with Crippen molar-refractivity contribution in [2.24, 2.45) is 7.05 Å². The van der Waals surface area contributed by atoms with Gasteiger partial charge in [0.2, 0.25) is 0 Å². The van der Waals surface area contributed by atoms with Crippen molar-refractivity contribution in [2.45, 2.75) is 16.7 Å². The molecule has 0 fully saturated rings. The topological polar surface area (TPSA) is 30.7 Å². The number of nitrogens with zero attached hydrogens (tertiary/aromatic N) is 3. The van der Waals surface area contributed by atoms with Crippen molar-refractivity contribution < 1.29 is 0 Å². The molecule has 0 spiro atoms. The molecule has 0 atom stereocenters. The maximum Gasteiger partial charge on any atom is 0.160 e. The number of rotatable bonds is 3. The molecule has 5 heteroatoms. The number of aryl methyl sites for hydroxylation is 1. The van der Waals surface area contributed by atoms with E-state index in [9.17, 15) is 0 Å². The van der Waals surface area contributed by atoms with Gasteiger partial charge in [0.25, 0.3) is 0 Å². The van der Waals surface area contributed by atoms with E-state index < -0.39 is 0 Å². The second kappa shape index (κ2) is 5.50. The fourth-order valence-corrected chi connectivity index (χ4v) is 3.22. The van der Waals surface area contributed by atoms with Gasteiger partial charge < -0.3 is 4.57 Å². The smallest absolute Gasteiger partial charge is 0.160 e. The van der Waals surface area contributed by atoms with Crippen LogP contribution >= 0.6 is 24.4 Å². The highest BCUT2D eigenvalue weighted by atomic mass is 32.2. The lowest BCUT2D eigenvalue weighted by Crippen LogP contribution is -1.95. The van der Waals surface area contributed by atoms with Crippen molar-refractivity contribution in [3.63, 3.8) is 0 Å². The molecule has 3 nitrogen and oxygen atoms in total. The monoisotopic (exact) mass is 301 g/mol. The third-order valence-corrected chi connectivity index (χ3v) is 4.32. The Labute approximate surface area is 127 Å². The van der Waals surface area contributed by atoms with Gasteiger partial charge in [-0.25, -0.2) is 9.97 Å². The molecule has 3 rings (SSSR count). The van der Waals surface area contributed by atoms with Crippen molar-refractivity contribution in [3.8, 4) is 11.4 Å². The molecule has 0 amide bonds. The van der Waals surface area contributed by atoms with Crippen LogP contribution in [0.15, 0.2) is 46.3 Å². The molecular weight excluding hydrogens is 286 g/mol. The number of thioether (sulfide) groups is 1. The van der Waals surface area contributed by atoms with Gasteiger partial charge in [0.15, 0.2) is 5.65 Å². The molecule has 0 N–H and O–H groups in total. The molecule has 0 aliphatic heterocycles. The Bertz CT molecular complexity index is 765. The zero-order chi connectivity index (χ0) is 14.1. The van der Waals surface area contributed by atoms with Crippen molar-refractivity contribution in [1.29, 1.82) is 0 Å². The van der Waals surface area contributed by atoms with E-state index in [-0.39, 0.29) is 0 Å². The Hall–Kier alpha value is -1.46. The van der Waals surface area contributed by atoms with Crippen LogP contribution in [-0.2, 0) is 7.05 Å². The summed E-state index contributed by atoms with van der Waals surface area (Å²) in [7, 11) is 2.00. The normalized spacial score (nSPS) is 11.2. The molecule has 1 aromatic carbocycles. The summed E-state index contributed by atoms with van der Waals surface area (Å²) in [5.74, 6) is 1.99. The molecule has 20 heavy (non-hydrogen) atoms. The first-order valence-corrected chi connectivity index (χ1v) is 7.87. The van der Waals surface area contributed by atoms with Gasteiger partial charge in [-0.05, 0) is 17.9 Å². The van der Waals surface area contributed by atoms with Gasteiger partial charge in [0, 0.05) is 28.6 Å². The van der Waals surface area contributed by atoms with E-state index in [1.165, 1.54) is 4.90 Å². The minimum absolute atomic E-state index is 0.832. The third kappa shape index (κ3) is 2.31. The number of pyridine rings is 1. The predicted molar refractivity (Wildman–Crippen MR) is 87.6 cm³/mol. The van der Waals surface area contributed by atoms with Gasteiger partial charge in [-0.15, -0.1) is 24.4 Å². The van der Waals surface area contributed by atoms with E-state index in [4.69, 9.17) is 4.98 Å². The van der Waals surface area contributed by atoms with Crippen LogP contribution in [0.5, 0.6) is 0 Å². The first-order valence-electron chi connectivity index (χ1n) is 6.44. The Kier molecular flexibility index (Phi) is 3.72. The SMILES string of the molecule is CCSc1ccccc1-c1nc2cc(S)cnc2n1C. The molecule has 0 bridgehead atoms. The van der Waals surface area contributed by atoms with E-state index in [1.54, 1.807) is 6.20 Å². The fraction of sp³-hybridized carbons (Fsp3) is 0.200. The summed E-state index contributed by atoms with van der Waals surface area (Å²) in [6.07, 6.45) is 1.75. The lowest BCUT2D eigenvalue weighted by atomic mass is 10.2. The summed E-state index contributed by atoms with van der Waals surface area (Å²) in [5, 5.41) is 0. The number of imidazole rings is 1. The van der Waals surface area contributed by atoms with Crippen LogP contribution in [0.1, 0.15) is 6.92 Å². The molecule has 0 unspecified atom stereocenters. The standard InChI is InChI=1S/C15H15N3S2/c1-3-20-13-7-5-4-6-11(13)14-17-12-8-10(19)9-16-15(12)18(14)2/h4-9,19H,3H2,1-2H3. The second-order valence-electron chi connectivity index (χ2n) is 4.46. The average molecular weight is 301 g/mol. The molecule has 3 aromatic rings. The van der Waals surface area contributed by atoms with Crippen LogP contribution in [0.25, 0.3) is 22.6 Å². The second-order valence-corrected chi connectivity index (χ2v) is 6.28. The molecule has 0 saturated heterocycles. The van der Waals surface area contributed by atoms with Crippen LogP contribution < -0.4 is 0 Å². The van der Waals surface area contributed by atoms with Crippen LogP contribution in [0.2, 0.25) is 0 Å². The van der Waals surface area contributed by atoms with Gasteiger partial charge in [-0.2, -0.15) is 0 Å². The zero-order valence-corrected chi connectivity index (χ0v) is 13.1. The van der Waals surface area contributed by atoms with E-state index >= 15 is 0 Å². The maximum absolute atomic E-state index is 4.72. The summed E-state index contributed by atoms with van der Waals surface area (Å²) in [6, 6.07) is 10.3. The lowest BCUT2D eigenvalue weighted by Gasteiger charge is -2.07. The maximum atomic E-state index is 4.72. The first-order chi connectivity index (χ1) is 9.70. The minimum atomic E-state index is 0.832. The number of thiol groups is 1. The summed E-state index contributed by atoms with van der Waals surface area (Å²) in [5.41, 5.74) is 2.92. The lowest BCUT2D eigenvalue weighted by molar-refractivity contribution is 0.936. The summed E-state index contributed by atoms with van der Waals surface area (Å²) < 4.78 is 2.04. The highest BCUT2D eigenvalue weighted by Gasteiger charge is 2.14. The van der Waals surface area contributed by atoms with Crippen molar-refractivity contribution in [1.82, 2.24) is 14.5 Å². The molecule has 0 radical (unpaired) electrons. The first kappa shape index (κ1) is 13.5. The van der Waals surface area contributed by atoms with Crippen molar-refractivity contribution in [3.05, 3.63) is 36.5 Å². The highest BCUT2D eigenvalue weighted by molar-refractivity contribution is 7.99. The van der Waals surface area contributed by atoms with E-state index in [1.807, 2.05) is 35.5 Å². The van der Waals surface area contributed by atoms with Gasteiger partial charge in [0.05, 0.1) is 0 Å². The van der Waals surface area contributed by atoms with Gasteiger partial charge in [-0.3, -0.25) is 0 Å². The number of benzene rings is 1. The number of hydrogen-bond donors (Lipinski definition) is 1. The third-order valence-electron chi connectivity index (χ3n) is 3.12.